The molecule has 198 valence electrons. The first kappa shape index (κ1) is 27.5. The first-order chi connectivity index (χ1) is 18.8. The van der Waals surface area contributed by atoms with Crippen molar-refractivity contribution in [1.29, 1.82) is 5.26 Å². The van der Waals surface area contributed by atoms with Gasteiger partial charge in [0.05, 0.1) is 23.1 Å². The molecular formula is C30H27N3O5S. The summed E-state index contributed by atoms with van der Waals surface area (Å²) >= 11 is 0.781. The molecule has 0 saturated carbocycles. The molecule has 3 aromatic carbocycles. The number of amides is 3. The minimum atomic E-state index is -0.535. The number of rotatable bonds is 9. The van der Waals surface area contributed by atoms with E-state index in [2.05, 4.69) is 11.4 Å². The van der Waals surface area contributed by atoms with Crippen LogP contribution in [0, 0.1) is 25.2 Å². The maximum absolute atomic E-state index is 13.0. The van der Waals surface area contributed by atoms with Crippen LogP contribution < -0.4 is 14.8 Å². The van der Waals surface area contributed by atoms with Gasteiger partial charge in [-0.15, -0.1) is 0 Å². The fourth-order valence-electron chi connectivity index (χ4n) is 3.92. The highest BCUT2D eigenvalue weighted by molar-refractivity contribution is 8.18. The lowest BCUT2D eigenvalue weighted by molar-refractivity contribution is -0.127. The third kappa shape index (κ3) is 6.48. The van der Waals surface area contributed by atoms with E-state index in [0.717, 1.165) is 33.4 Å². The highest BCUT2D eigenvalue weighted by Crippen LogP contribution is 2.35. The summed E-state index contributed by atoms with van der Waals surface area (Å²) in [6.45, 7) is 5.88. The zero-order valence-electron chi connectivity index (χ0n) is 21.8. The molecule has 1 fully saturated rings. The standard InChI is InChI=1S/C30H27N3O5S/c1-4-37-26-14-21(12-13-25(26)38-18-23-10-6-5-9-22(23)16-31)15-27-29(35)33(30(36)39-27)17-28(34)32-24-11-7-8-19(2)20(24)3/h5-15H,4,17-18H2,1-3H3,(H,32,34)/b27-15+. The van der Waals surface area contributed by atoms with Crippen LogP contribution in [-0.4, -0.2) is 35.1 Å². The van der Waals surface area contributed by atoms with Gasteiger partial charge >= 0.3 is 0 Å². The van der Waals surface area contributed by atoms with E-state index in [1.807, 2.05) is 45.0 Å². The number of nitriles is 1. The Morgan fingerprint density at radius 1 is 1.05 bits per heavy atom. The number of aryl methyl sites for hydroxylation is 1. The minimum Gasteiger partial charge on any atom is -0.490 e. The molecule has 0 unspecified atom stereocenters. The molecule has 0 atom stereocenters. The van der Waals surface area contributed by atoms with Crippen LogP contribution in [0.1, 0.15) is 34.7 Å². The van der Waals surface area contributed by atoms with Gasteiger partial charge in [0.2, 0.25) is 5.91 Å². The number of hydrogen-bond donors (Lipinski definition) is 1. The Hall–Kier alpha value is -4.55. The van der Waals surface area contributed by atoms with Gasteiger partial charge in [0.15, 0.2) is 11.5 Å². The van der Waals surface area contributed by atoms with Gasteiger partial charge in [-0.3, -0.25) is 19.3 Å². The lowest BCUT2D eigenvalue weighted by Crippen LogP contribution is -2.36. The first-order valence-electron chi connectivity index (χ1n) is 12.3. The third-order valence-electron chi connectivity index (χ3n) is 6.14. The quantitative estimate of drug-likeness (QED) is 0.340. The Balaban J connectivity index is 1.47. The van der Waals surface area contributed by atoms with Gasteiger partial charge in [0, 0.05) is 11.3 Å². The van der Waals surface area contributed by atoms with Crippen molar-refractivity contribution in [3.05, 3.63) is 93.4 Å². The molecule has 3 aromatic rings. The fraction of sp³-hybridized carbons (Fsp3) is 0.200. The van der Waals surface area contributed by atoms with E-state index in [1.165, 1.54) is 0 Å². The predicted octanol–water partition coefficient (Wildman–Crippen LogP) is 5.83. The molecule has 1 aliphatic rings. The van der Waals surface area contributed by atoms with Crippen LogP contribution in [0.15, 0.2) is 65.6 Å². The van der Waals surface area contributed by atoms with Crippen molar-refractivity contribution < 1.29 is 23.9 Å². The summed E-state index contributed by atoms with van der Waals surface area (Å²) in [4.78, 5) is 39.3. The van der Waals surface area contributed by atoms with Gasteiger partial charge in [-0.05, 0) is 79.6 Å². The van der Waals surface area contributed by atoms with E-state index in [4.69, 9.17) is 9.47 Å². The molecule has 0 radical (unpaired) electrons. The zero-order valence-corrected chi connectivity index (χ0v) is 22.6. The van der Waals surface area contributed by atoms with Crippen molar-refractivity contribution in [3.8, 4) is 17.6 Å². The summed E-state index contributed by atoms with van der Waals surface area (Å²) in [5.74, 6) is -0.0383. The van der Waals surface area contributed by atoms with Gasteiger partial charge in [-0.1, -0.05) is 36.4 Å². The first-order valence-corrected chi connectivity index (χ1v) is 13.1. The van der Waals surface area contributed by atoms with E-state index in [1.54, 1.807) is 42.5 Å². The number of carbonyl (C=O) groups is 3. The van der Waals surface area contributed by atoms with Gasteiger partial charge in [0.25, 0.3) is 11.1 Å². The number of anilines is 1. The van der Waals surface area contributed by atoms with Crippen molar-refractivity contribution >= 4 is 40.6 Å². The number of benzene rings is 3. The van der Waals surface area contributed by atoms with Gasteiger partial charge in [-0.25, -0.2) is 0 Å². The molecule has 0 aromatic heterocycles. The average molecular weight is 542 g/mol. The molecule has 9 heteroatoms. The summed E-state index contributed by atoms with van der Waals surface area (Å²) in [6.07, 6.45) is 1.59. The number of carbonyl (C=O) groups excluding carboxylic acids is 3. The van der Waals surface area contributed by atoms with E-state index in [0.29, 0.717) is 34.9 Å². The van der Waals surface area contributed by atoms with Crippen LogP contribution in [0.3, 0.4) is 0 Å². The van der Waals surface area contributed by atoms with Crippen molar-refractivity contribution in [1.82, 2.24) is 4.90 Å². The molecular weight excluding hydrogens is 514 g/mol. The van der Waals surface area contributed by atoms with E-state index in [9.17, 15) is 19.6 Å². The topological polar surface area (TPSA) is 109 Å². The molecule has 8 nitrogen and oxygen atoms in total. The Bertz CT molecular complexity index is 1510. The second-order valence-corrected chi connectivity index (χ2v) is 9.75. The van der Waals surface area contributed by atoms with Crippen LogP contribution >= 0.6 is 11.8 Å². The summed E-state index contributed by atoms with van der Waals surface area (Å²) in [6, 6.07) is 20.1. The van der Waals surface area contributed by atoms with E-state index in [-0.39, 0.29) is 18.1 Å². The van der Waals surface area contributed by atoms with E-state index >= 15 is 0 Å². The monoisotopic (exact) mass is 541 g/mol. The Labute approximate surface area is 231 Å². The largest absolute Gasteiger partial charge is 0.490 e. The van der Waals surface area contributed by atoms with Gasteiger partial charge < -0.3 is 14.8 Å². The van der Waals surface area contributed by atoms with Crippen LogP contribution in [0.4, 0.5) is 10.5 Å². The molecule has 1 heterocycles. The summed E-state index contributed by atoms with van der Waals surface area (Å²) in [7, 11) is 0. The second kappa shape index (κ2) is 12.3. The molecule has 0 aliphatic carbocycles. The van der Waals surface area contributed by atoms with Crippen LogP contribution in [0.2, 0.25) is 0 Å². The van der Waals surface area contributed by atoms with Crippen molar-refractivity contribution in [2.75, 3.05) is 18.5 Å². The highest BCUT2D eigenvalue weighted by Gasteiger charge is 2.36. The fourth-order valence-corrected chi connectivity index (χ4v) is 4.76. The van der Waals surface area contributed by atoms with Crippen molar-refractivity contribution in [2.24, 2.45) is 0 Å². The highest BCUT2D eigenvalue weighted by atomic mass is 32.2. The molecule has 1 aliphatic heterocycles. The molecule has 1 saturated heterocycles. The SMILES string of the molecule is CCOc1cc(/C=C2/SC(=O)N(CC(=O)Nc3cccc(C)c3C)C2=O)ccc1OCc1ccccc1C#N. The Morgan fingerprint density at radius 3 is 2.62 bits per heavy atom. The summed E-state index contributed by atoms with van der Waals surface area (Å²) in [5, 5.41) is 11.6. The molecule has 4 rings (SSSR count). The maximum Gasteiger partial charge on any atom is 0.294 e. The smallest absolute Gasteiger partial charge is 0.294 e. The molecule has 1 N–H and O–H groups in total. The minimum absolute atomic E-state index is 0.187. The predicted molar refractivity (Wildman–Crippen MR) is 150 cm³/mol. The summed E-state index contributed by atoms with van der Waals surface area (Å²) in [5.41, 5.74) is 4.51. The molecule has 3 amide bonds. The zero-order chi connectivity index (χ0) is 27.9. The number of nitrogens with zero attached hydrogens (tertiary/aromatic N) is 2. The third-order valence-corrected chi connectivity index (χ3v) is 7.05. The number of imide groups is 1. The van der Waals surface area contributed by atoms with E-state index < -0.39 is 17.1 Å². The maximum atomic E-state index is 13.0. The van der Waals surface area contributed by atoms with Gasteiger partial charge in [-0.2, -0.15) is 5.26 Å². The van der Waals surface area contributed by atoms with Crippen LogP contribution in [0.25, 0.3) is 6.08 Å². The van der Waals surface area contributed by atoms with Crippen LogP contribution in [0.5, 0.6) is 11.5 Å². The lowest BCUT2D eigenvalue weighted by Gasteiger charge is -2.14. The van der Waals surface area contributed by atoms with Gasteiger partial charge in [0.1, 0.15) is 13.2 Å². The number of ether oxygens (including phenoxy) is 2. The molecule has 0 spiro atoms. The van der Waals surface area contributed by atoms with Crippen LogP contribution in [-0.2, 0) is 16.2 Å². The second-order valence-electron chi connectivity index (χ2n) is 8.76. The number of hydrogen-bond acceptors (Lipinski definition) is 7. The Kier molecular flexibility index (Phi) is 8.69. The number of nitrogens with one attached hydrogen (secondary N) is 1. The summed E-state index contributed by atoms with van der Waals surface area (Å²) < 4.78 is 11.7. The normalized spacial score (nSPS) is 13.9. The molecule has 39 heavy (non-hydrogen) atoms. The average Bonchev–Trinajstić information content (AvgIpc) is 3.18. The molecule has 0 bridgehead atoms. The van der Waals surface area contributed by atoms with Crippen molar-refractivity contribution in [2.45, 2.75) is 27.4 Å². The van der Waals surface area contributed by atoms with Crippen molar-refractivity contribution in [3.63, 3.8) is 0 Å². The Morgan fingerprint density at radius 2 is 1.85 bits per heavy atom. The lowest BCUT2D eigenvalue weighted by atomic mass is 10.1. The number of thioether (sulfide) groups is 1.